The first-order chi connectivity index (χ1) is 13.6. The monoisotopic (exact) mass is 492 g/mol. The van der Waals surface area contributed by atoms with Gasteiger partial charge in [0.15, 0.2) is 8.32 Å². The van der Waals surface area contributed by atoms with Crippen LogP contribution in [0.1, 0.15) is 50.7 Å². The summed E-state index contributed by atoms with van der Waals surface area (Å²) in [6.45, 7) is 12.0. The number of hydrogen-bond acceptors (Lipinski definition) is 5. The van der Waals surface area contributed by atoms with Crippen molar-refractivity contribution in [2.45, 2.75) is 64.1 Å². The Kier molecular flexibility index (Phi) is 5.64. The quantitative estimate of drug-likeness (QED) is 0.464. The molecule has 1 aromatic carbocycles. The first-order valence-electron chi connectivity index (χ1n) is 10.4. The van der Waals surface area contributed by atoms with Crippen molar-refractivity contribution in [3.8, 4) is 10.6 Å². The minimum Gasteiger partial charge on any atom is -0.417 e. The number of benzene rings is 1. The molecule has 29 heavy (non-hydrogen) atoms. The van der Waals surface area contributed by atoms with Crippen molar-refractivity contribution in [2.75, 3.05) is 6.61 Å². The van der Waals surface area contributed by atoms with Gasteiger partial charge in [0.1, 0.15) is 10.8 Å². The van der Waals surface area contributed by atoms with E-state index in [1.807, 2.05) is 0 Å². The number of hydrogen-bond donors (Lipinski definition) is 0. The number of ketones is 1. The summed E-state index contributed by atoms with van der Waals surface area (Å²) < 4.78 is 11.3. The second kappa shape index (κ2) is 7.66. The number of nitrogens with zero attached hydrogens (tertiary/aromatic N) is 2. The molecule has 1 fully saturated rings. The van der Waals surface area contributed by atoms with Crippen LogP contribution in [0.15, 0.2) is 22.9 Å². The summed E-state index contributed by atoms with van der Waals surface area (Å²) in [7, 11) is -1.78. The van der Waals surface area contributed by atoms with Crippen LogP contribution in [-0.2, 0) is 15.6 Å². The smallest absolute Gasteiger partial charge is 0.209 e. The van der Waals surface area contributed by atoms with Crippen LogP contribution in [-0.4, -0.2) is 30.1 Å². The van der Waals surface area contributed by atoms with E-state index in [1.54, 1.807) is 0 Å². The lowest BCUT2D eigenvalue weighted by molar-refractivity contribution is -0.121. The van der Waals surface area contributed by atoms with E-state index in [1.165, 1.54) is 28.2 Å². The fourth-order valence-corrected chi connectivity index (χ4v) is 6.85. The van der Waals surface area contributed by atoms with E-state index in [9.17, 15) is 4.79 Å². The van der Waals surface area contributed by atoms with Crippen LogP contribution in [0.2, 0.25) is 18.1 Å². The van der Waals surface area contributed by atoms with Crippen LogP contribution in [0, 0.1) is 11.8 Å². The zero-order valence-corrected chi connectivity index (χ0v) is 21.2. The second-order valence-corrected chi connectivity index (χ2v) is 16.2. The normalized spacial score (nSPS) is 24.1. The van der Waals surface area contributed by atoms with E-state index in [-0.39, 0.29) is 11.0 Å². The van der Waals surface area contributed by atoms with Crippen LogP contribution >= 0.6 is 27.5 Å². The molecule has 0 saturated heterocycles. The molecule has 0 N–H and O–H groups in total. The van der Waals surface area contributed by atoms with Crippen molar-refractivity contribution >= 4 is 41.6 Å². The third-order valence-electron chi connectivity index (χ3n) is 7.19. The number of Topliss-reactive ketones (excluding diaryl/α,β-unsaturated/α-hetero) is 1. The van der Waals surface area contributed by atoms with Crippen LogP contribution in [0.5, 0.6) is 0 Å². The van der Waals surface area contributed by atoms with Gasteiger partial charge in [0.25, 0.3) is 0 Å². The maximum absolute atomic E-state index is 12.8. The molecule has 1 heterocycles. The van der Waals surface area contributed by atoms with Gasteiger partial charge in [-0.25, -0.2) is 4.98 Å². The molecular formula is C22H29BrN2O2SSi. The van der Waals surface area contributed by atoms with Crippen LogP contribution in [0.25, 0.3) is 10.6 Å². The number of fused-ring (bicyclic) bond motifs is 3. The van der Waals surface area contributed by atoms with Gasteiger partial charge in [-0.05, 0) is 81.4 Å². The fourth-order valence-electron chi connectivity index (χ4n) is 4.66. The van der Waals surface area contributed by atoms with E-state index in [2.05, 4.69) is 77.4 Å². The lowest BCUT2D eigenvalue weighted by Crippen LogP contribution is -2.41. The first kappa shape index (κ1) is 21.3. The maximum Gasteiger partial charge on any atom is 0.209 e. The highest BCUT2D eigenvalue weighted by Crippen LogP contribution is 2.53. The number of rotatable bonds is 5. The minimum atomic E-state index is -1.78. The summed E-state index contributed by atoms with van der Waals surface area (Å²) in [4.78, 5) is 17.4. The van der Waals surface area contributed by atoms with Gasteiger partial charge < -0.3 is 4.43 Å². The molecule has 3 unspecified atom stereocenters. The highest BCUT2D eigenvalue weighted by Gasteiger charge is 2.48. The first-order valence-corrected chi connectivity index (χ1v) is 14.8. The van der Waals surface area contributed by atoms with Gasteiger partial charge in [-0.1, -0.05) is 39.0 Å². The number of aromatic nitrogens is 2. The van der Waals surface area contributed by atoms with Crippen molar-refractivity contribution in [2.24, 2.45) is 11.8 Å². The van der Waals surface area contributed by atoms with Crippen LogP contribution in [0.4, 0.5) is 0 Å². The Hall–Kier alpha value is -0.893. The Morgan fingerprint density at radius 2 is 2.03 bits per heavy atom. The maximum atomic E-state index is 12.8. The number of carbonyl (C=O) groups is 1. The van der Waals surface area contributed by atoms with Gasteiger partial charge in [-0.15, -0.1) is 0 Å². The third kappa shape index (κ3) is 3.91. The van der Waals surface area contributed by atoms with Gasteiger partial charge in [-0.3, -0.25) is 4.79 Å². The van der Waals surface area contributed by atoms with Crippen molar-refractivity contribution < 1.29 is 9.22 Å². The van der Waals surface area contributed by atoms with Crippen molar-refractivity contribution in [1.29, 1.82) is 0 Å². The van der Waals surface area contributed by atoms with Crippen LogP contribution < -0.4 is 0 Å². The van der Waals surface area contributed by atoms with Gasteiger partial charge in [-0.2, -0.15) is 4.37 Å². The topological polar surface area (TPSA) is 52.1 Å². The molecule has 3 atom stereocenters. The molecule has 2 aliphatic carbocycles. The average molecular weight is 494 g/mol. The Balaban J connectivity index is 1.55. The Morgan fingerprint density at radius 1 is 1.28 bits per heavy atom. The molecule has 156 valence electrons. The van der Waals surface area contributed by atoms with Gasteiger partial charge in [0.2, 0.25) is 4.73 Å². The van der Waals surface area contributed by atoms with Crippen molar-refractivity contribution in [1.82, 2.24) is 9.36 Å². The van der Waals surface area contributed by atoms with E-state index in [0.717, 1.165) is 17.8 Å². The molecule has 0 amide bonds. The lowest BCUT2D eigenvalue weighted by Gasteiger charge is -2.36. The molecular weight excluding hydrogens is 464 g/mol. The Morgan fingerprint density at radius 3 is 2.69 bits per heavy atom. The zero-order valence-electron chi connectivity index (χ0n) is 17.8. The third-order valence-corrected chi connectivity index (χ3v) is 13.1. The van der Waals surface area contributed by atoms with Gasteiger partial charge >= 0.3 is 0 Å². The summed E-state index contributed by atoms with van der Waals surface area (Å²) in [6.07, 6.45) is 2.50. The molecule has 0 aliphatic heterocycles. The van der Waals surface area contributed by atoms with Crippen molar-refractivity contribution in [3.05, 3.63) is 34.1 Å². The second-order valence-electron chi connectivity index (χ2n) is 9.91. The molecule has 2 aliphatic rings. The molecule has 0 radical (unpaired) electrons. The molecule has 4 nitrogen and oxygen atoms in total. The highest BCUT2D eigenvalue weighted by atomic mass is 79.9. The predicted octanol–water partition coefficient (Wildman–Crippen LogP) is 6.22. The molecule has 1 aromatic heterocycles. The van der Waals surface area contributed by atoms with Gasteiger partial charge in [0.05, 0.1) is 0 Å². The molecule has 7 heteroatoms. The standard InChI is InChI=1S/C22H29BrN2O2SSi/c1-22(2,3)29(4,5)27-10-9-16-18(26)12-13-11-17-14(19(13)16)7-6-8-15(17)20-24-21(23)25-28-20/h6-8,13,16,19H,9-12H2,1-5H3. The molecule has 2 aromatic rings. The average Bonchev–Trinajstić information content (AvgIpc) is 3.28. The number of carbonyl (C=O) groups excluding carboxylic acids is 1. The summed E-state index contributed by atoms with van der Waals surface area (Å²) in [5, 5.41) is 1.15. The molecule has 0 bridgehead atoms. The molecule has 0 spiro atoms. The molecule has 4 rings (SSSR count). The summed E-state index contributed by atoms with van der Waals surface area (Å²) in [6, 6.07) is 6.47. The Bertz CT molecular complexity index is 937. The summed E-state index contributed by atoms with van der Waals surface area (Å²) in [5.74, 6) is 1.26. The van der Waals surface area contributed by atoms with E-state index >= 15 is 0 Å². The largest absolute Gasteiger partial charge is 0.417 e. The van der Waals surface area contributed by atoms with Crippen LogP contribution in [0.3, 0.4) is 0 Å². The van der Waals surface area contributed by atoms with Crippen molar-refractivity contribution in [3.63, 3.8) is 0 Å². The highest BCUT2D eigenvalue weighted by molar-refractivity contribution is 9.10. The Labute approximate surface area is 186 Å². The van der Waals surface area contributed by atoms with E-state index in [0.29, 0.717) is 35.4 Å². The minimum absolute atomic E-state index is 0.0856. The predicted molar refractivity (Wildman–Crippen MR) is 124 cm³/mol. The van der Waals surface area contributed by atoms with E-state index < -0.39 is 8.32 Å². The lowest BCUT2D eigenvalue weighted by atomic mass is 9.86. The fraction of sp³-hybridized carbons (Fsp3) is 0.591. The summed E-state index contributed by atoms with van der Waals surface area (Å²) in [5.41, 5.74) is 3.90. The van der Waals surface area contributed by atoms with Gasteiger partial charge in [0, 0.05) is 24.5 Å². The molecule has 1 saturated carbocycles. The summed E-state index contributed by atoms with van der Waals surface area (Å²) >= 11 is 4.79. The SMILES string of the molecule is CC(C)(C)[Si](C)(C)OCCC1C(=O)CC2Cc3c(-c4nc(Br)ns4)cccc3C21. The number of halogens is 1. The zero-order chi connectivity index (χ0) is 21.0. The van der Waals surface area contributed by atoms with E-state index in [4.69, 9.17) is 4.43 Å².